The van der Waals surface area contributed by atoms with Crippen LogP contribution in [0.15, 0.2) is 23.7 Å². The number of thiophene rings is 1. The Morgan fingerprint density at radius 2 is 2.20 bits per heavy atom. The molecule has 2 N–H and O–H groups in total. The molecule has 2 rings (SSSR count). The van der Waals surface area contributed by atoms with Gasteiger partial charge in [-0.05, 0) is 29.1 Å². The van der Waals surface area contributed by atoms with Crippen LogP contribution in [-0.2, 0) is 0 Å². The van der Waals surface area contributed by atoms with E-state index in [9.17, 15) is 0 Å². The Morgan fingerprint density at radius 3 is 2.80 bits per heavy atom. The predicted octanol–water partition coefficient (Wildman–Crippen LogP) is 0.538. The van der Waals surface area contributed by atoms with Gasteiger partial charge in [0.2, 0.25) is 5.28 Å². The first-order valence-electron chi connectivity index (χ1n) is 4.10. The van der Waals surface area contributed by atoms with Gasteiger partial charge in [-0.2, -0.15) is 11.3 Å². The third-order valence-electron chi connectivity index (χ3n) is 1.80. The molecular weight excluding hydrogens is 234 g/mol. The highest BCUT2D eigenvalue weighted by Gasteiger charge is 2.14. The monoisotopic (exact) mass is 240 g/mol. The van der Waals surface area contributed by atoms with Crippen molar-refractivity contribution >= 4 is 34.8 Å². The van der Waals surface area contributed by atoms with Gasteiger partial charge in [0.05, 0.1) is 5.69 Å². The third kappa shape index (κ3) is 2.35. The zero-order valence-electron chi connectivity index (χ0n) is 7.46. The van der Waals surface area contributed by atoms with Gasteiger partial charge in [0.25, 0.3) is 0 Å². The summed E-state index contributed by atoms with van der Waals surface area (Å²) in [4.78, 5) is 7.78. The van der Waals surface area contributed by atoms with Gasteiger partial charge in [0.15, 0.2) is 0 Å². The van der Waals surface area contributed by atoms with E-state index in [1.54, 1.807) is 23.7 Å². The number of aromatic nitrogens is 2. The summed E-state index contributed by atoms with van der Waals surface area (Å²) in [7, 11) is -1.44. The topological polar surface area (TPSA) is 66.2 Å². The molecule has 7 heteroatoms. The van der Waals surface area contributed by atoms with Gasteiger partial charge in [0.1, 0.15) is 0 Å². The van der Waals surface area contributed by atoms with Crippen LogP contribution in [0.4, 0.5) is 0 Å². The number of hydrogen-bond donors (Lipinski definition) is 2. The van der Waals surface area contributed by atoms with Crippen LogP contribution in [0.1, 0.15) is 0 Å². The standard InChI is InChI=1S/C8H6BClN2O2S/c10-8-11-2-1-6(12-8)5-3-7(9(13)14)15-4-5/h1-4,13-14H. The molecule has 0 unspecified atom stereocenters. The predicted molar refractivity (Wildman–Crippen MR) is 60.2 cm³/mol. The molecule has 2 aromatic rings. The Labute approximate surface area is 95.4 Å². The van der Waals surface area contributed by atoms with E-state index in [4.69, 9.17) is 21.6 Å². The quantitative estimate of drug-likeness (QED) is 0.594. The van der Waals surface area contributed by atoms with Crippen LogP contribution in [0.3, 0.4) is 0 Å². The molecule has 0 fully saturated rings. The Bertz CT molecular complexity index is 477. The summed E-state index contributed by atoms with van der Waals surface area (Å²) in [5.41, 5.74) is 1.46. The van der Waals surface area contributed by atoms with Crippen molar-refractivity contribution in [1.82, 2.24) is 9.97 Å². The molecule has 0 atom stereocenters. The second-order valence-electron chi connectivity index (χ2n) is 2.82. The van der Waals surface area contributed by atoms with Gasteiger partial charge in [-0.15, -0.1) is 0 Å². The van der Waals surface area contributed by atoms with Gasteiger partial charge in [-0.25, -0.2) is 9.97 Å². The highest BCUT2D eigenvalue weighted by Crippen LogP contribution is 2.19. The highest BCUT2D eigenvalue weighted by atomic mass is 35.5. The number of halogens is 1. The lowest BCUT2D eigenvalue weighted by Crippen LogP contribution is -2.26. The van der Waals surface area contributed by atoms with Crippen molar-refractivity contribution in [1.29, 1.82) is 0 Å². The lowest BCUT2D eigenvalue weighted by Gasteiger charge is -1.95. The van der Waals surface area contributed by atoms with Crippen molar-refractivity contribution in [2.45, 2.75) is 0 Å². The van der Waals surface area contributed by atoms with Crippen molar-refractivity contribution in [2.24, 2.45) is 0 Å². The van der Waals surface area contributed by atoms with E-state index in [-0.39, 0.29) is 5.28 Å². The normalized spacial score (nSPS) is 10.3. The maximum absolute atomic E-state index is 8.95. The van der Waals surface area contributed by atoms with Gasteiger partial charge in [-0.1, -0.05) is 0 Å². The van der Waals surface area contributed by atoms with Crippen molar-refractivity contribution in [3.05, 3.63) is 29.0 Å². The molecular formula is C8H6BClN2O2S. The summed E-state index contributed by atoms with van der Waals surface area (Å²) in [6.07, 6.45) is 1.55. The Hall–Kier alpha value is -0.945. The molecule has 0 aliphatic heterocycles. The van der Waals surface area contributed by atoms with Crippen molar-refractivity contribution in [3.8, 4) is 11.3 Å². The van der Waals surface area contributed by atoms with Gasteiger partial charge < -0.3 is 10.0 Å². The minimum Gasteiger partial charge on any atom is -0.423 e. The fourth-order valence-corrected chi connectivity index (χ4v) is 2.03. The second-order valence-corrected chi connectivity index (χ2v) is 4.10. The first kappa shape index (κ1) is 10.6. The SMILES string of the molecule is OB(O)c1cc(-c2ccnc(Cl)n2)cs1. The largest absolute Gasteiger partial charge is 0.499 e. The zero-order valence-corrected chi connectivity index (χ0v) is 9.03. The average Bonchev–Trinajstić information content (AvgIpc) is 2.66. The van der Waals surface area contributed by atoms with Gasteiger partial charge >= 0.3 is 7.12 Å². The molecule has 0 bridgehead atoms. The van der Waals surface area contributed by atoms with Gasteiger partial charge in [0, 0.05) is 16.5 Å². The fourth-order valence-electron chi connectivity index (χ4n) is 1.12. The summed E-state index contributed by atoms with van der Waals surface area (Å²) >= 11 is 6.90. The van der Waals surface area contributed by atoms with Crippen LogP contribution in [0, 0.1) is 0 Å². The van der Waals surface area contributed by atoms with E-state index in [0.29, 0.717) is 10.5 Å². The van der Waals surface area contributed by atoms with Crippen molar-refractivity contribution < 1.29 is 10.0 Å². The molecule has 0 aliphatic rings. The van der Waals surface area contributed by atoms with Crippen LogP contribution >= 0.6 is 22.9 Å². The van der Waals surface area contributed by atoms with Crippen LogP contribution < -0.4 is 4.78 Å². The third-order valence-corrected chi connectivity index (χ3v) is 2.95. The molecule has 4 nitrogen and oxygen atoms in total. The summed E-state index contributed by atoms with van der Waals surface area (Å²) in [6, 6.07) is 3.37. The molecule has 0 radical (unpaired) electrons. The van der Waals surface area contributed by atoms with E-state index in [2.05, 4.69) is 9.97 Å². The lowest BCUT2D eigenvalue weighted by atomic mass is 9.89. The Morgan fingerprint density at radius 1 is 1.40 bits per heavy atom. The summed E-state index contributed by atoms with van der Waals surface area (Å²) in [5, 5.41) is 19.8. The van der Waals surface area contributed by atoms with E-state index in [1.807, 2.05) is 0 Å². The summed E-state index contributed by atoms with van der Waals surface area (Å²) in [5.74, 6) is 0. The van der Waals surface area contributed by atoms with Crippen LogP contribution in [-0.4, -0.2) is 27.1 Å². The number of rotatable bonds is 2. The first-order valence-corrected chi connectivity index (χ1v) is 5.36. The second kappa shape index (κ2) is 4.28. The highest BCUT2D eigenvalue weighted by molar-refractivity contribution is 7.20. The van der Waals surface area contributed by atoms with Crippen LogP contribution in [0.2, 0.25) is 5.28 Å². The molecule has 0 amide bonds. The maximum atomic E-state index is 8.95. The van der Waals surface area contributed by atoms with Crippen molar-refractivity contribution in [2.75, 3.05) is 0 Å². The van der Waals surface area contributed by atoms with E-state index in [0.717, 1.165) is 5.56 Å². The molecule has 0 spiro atoms. The summed E-state index contributed by atoms with van der Waals surface area (Å²) in [6.45, 7) is 0. The van der Waals surface area contributed by atoms with Crippen LogP contribution in [0.5, 0.6) is 0 Å². The first-order chi connectivity index (χ1) is 7.16. The van der Waals surface area contributed by atoms with Crippen molar-refractivity contribution in [3.63, 3.8) is 0 Å². The smallest absolute Gasteiger partial charge is 0.423 e. The molecule has 2 aromatic heterocycles. The van der Waals surface area contributed by atoms with E-state index >= 15 is 0 Å². The molecule has 2 heterocycles. The maximum Gasteiger partial charge on any atom is 0.499 e. The summed E-state index contributed by atoms with van der Waals surface area (Å²) < 4.78 is 0.472. The Balaban J connectivity index is 2.37. The molecule has 76 valence electrons. The van der Waals surface area contributed by atoms with E-state index in [1.165, 1.54) is 11.3 Å². The molecule has 0 aliphatic carbocycles. The Kier molecular flexibility index (Phi) is 3.02. The number of nitrogens with zero attached hydrogens (tertiary/aromatic N) is 2. The fraction of sp³-hybridized carbons (Fsp3) is 0. The molecule has 15 heavy (non-hydrogen) atoms. The minimum atomic E-state index is -1.44. The molecule has 0 saturated carbocycles. The number of hydrogen-bond acceptors (Lipinski definition) is 5. The lowest BCUT2D eigenvalue weighted by molar-refractivity contribution is 0.427. The zero-order chi connectivity index (χ0) is 10.8. The van der Waals surface area contributed by atoms with Gasteiger partial charge in [-0.3, -0.25) is 0 Å². The minimum absolute atomic E-state index is 0.171. The van der Waals surface area contributed by atoms with Crippen LogP contribution in [0.25, 0.3) is 11.3 Å². The molecule has 0 aromatic carbocycles. The molecule has 0 saturated heterocycles. The average molecular weight is 240 g/mol. The van der Waals surface area contributed by atoms with E-state index < -0.39 is 7.12 Å².